The summed E-state index contributed by atoms with van der Waals surface area (Å²) in [7, 11) is 0. The quantitative estimate of drug-likeness (QED) is 0.351. The highest BCUT2D eigenvalue weighted by molar-refractivity contribution is 6.30. The molecule has 1 N–H and O–H groups in total. The number of piperidine rings is 1. The number of benzene rings is 1. The highest BCUT2D eigenvalue weighted by atomic mass is 35.5. The van der Waals surface area contributed by atoms with Crippen molar-refractivity contribution < 1.29 is 14.3 Å². The van der Waals surface area contributed by atoms with Gasteiger partial charge in [-0.05, 0) is 51.3 Å². The van der Waals surface area contributed by atoms with Crippen molar-refractivity contribution in [2.75, 3.05) is 0 Å². The first-order valence-electron chi connectivity index (χ1n) is 8.59. The Kier molecular flexibility index (Phi) is 5.61. The highest BCUT2D eigenvalue weighted by Gasteiger charge is 2.29. The first kappa shape index (κ1) is 18.5. The third kappa shape index (κ3) is 3.90. The SMILES string of the molecule is CC1CCCC(C)N1/C(=N\O)c1ccnc(Oc2ccc(F)c(Cl)c2)c1. The highest BCUT2D eigenvalue weighted by Crippen LogP contribution is 2.28. The molecule has 7 heteroatoms. The van der Waals surface area contributed by atoms with Crippen LogP contribution in [0.2, 0.25) is 5.02 Å². The molecule has 0 spiro atoms. The zero-order chi connectivity index (χ0) is 18.7. The molecule has 0 saturated carbocycles. The maximum absolute atomic E-state index is 13.3. The molecule has 1 aliphatic rings. The molecule has 3 rings (SSSR count). The van der Waals surface area contributed by atoms with E-state index in [1.54, 1.807) is 18.3 Å². The van der Waals surface area contributed by atoms with Crippen LogP contribution in [0.15, 0.2) is 41.7 Å². The summed E-state index contributed by atoms with van der Waals surface area (Å²) in [6.07, 6.45) is 4.84. The van der Waals surface area contributed by atoms with E-state index in [0.29, 0.717) is 23.0 Å². The predicted octanol–water partition coefficient (Wildman–Crippen LogP) is 5.07. The number of rotatable bonds is 3. The van der Waals surface area contributed by atoms with Gasteiger partial charge in [-0.15, -0.1) is 0 Å². The second kappa shape index (κ2) is 7.91. The Morgan fingerprint density at radius 1 is 1.27 bits per heavy atom. The van der Waals surface area contributed by atoms with Gasteiger partial charge < -0.3 is 14.8 Å². The minimum absolute atomic E-state index is 0.0211. The number of hydrogen-bond acceptors (Lipinski definition) is 4. The van der Waals surface area contributed by atoms with Crippen LogP contribution in [0.4, 0.5) is 4.39 Å². The standard InChI is InChI=1S/C19H21ClFN3O2/c1-12-4-3-5-13(2)24(12)19(23-25)14-8-9-22-18(10-14)26-15-6-7-17(21)16(20)11-15/h6-13,25H,3-5H2,1-2H3/b23-19-. The lowest BCUT2D eigenvalue weighted by molar-refractivity contribution is 0.181. The van der Waals surface area contributed by atoms with E-state index in [4.69, 9.17) is 16.3 Å². The average Bonchev–Trinajstić information content (AvgIpc) is 2.62. The van der Waals surface area contributed by atoms with Gasteiger partial charge in [-0.3, -0.25) is 0 Å². The molecule has 2 unspecified atom stereocenters. The van der Waals surface area contributed by atoms with E-state index in [2.05, 4.69) is 28.9 Å². The number of hydrogen-bond donors (Lipinski definition) is 1. The fourth-order valence-electron chi connectivity index (χ4n) is 3.36. The van der Waals surface area contributed by atoms with Crippen LogP contribution in [0.1, 0.15) is 38.7 Å². The number of oxime groups is 1. The molecule has 26 heavy (non-hydrogen) atoms. The van der Waals surface area contributed by atoms with Crippen LogP contribution < -0.4 is 4.74 Å². The monoisotopic (exact) mass is 377 g/mol. The number of nitrogens with zero attached hydrogens (tertiary/aromatic N) is 3. The predicted molar refractivity (Wildman–Crippen MR) is 98.7 cm³/mol. The summed E-state index contributed by atoms with van der Waals surface area (Å²) in [6, 6.07) is 8.12. The number of ether oxygens (including phenoxy) is 1. The van der Waals surface area contributed by atoms with Crippen LogP contribution in [0.3, 0.4) is 0 Å². The van der Waals surface area contributed by atoms with Gasteiger partial charge in [-0.2, -0.15) is 0 Å². The molecular formula is C19H21ClFN3O2. The zero-order valence-electron chi connectivity index (χ0n) is 14.7. The Labute approximate surface area is 157 Å². The summed E-state index contributed by atoms with van der Waals surface area (Å²) in [5.74, 6) is 0.671. The molecule has 0 radical (unpaired) electrons. The lowest BCUT2D eigenvalue weighted by Crippen LogP contribution is -2.47. The topological polar surface area (TPSA) is 58.0 Å². The fourth-order valence-corrected chi connectivity index (χ4v) is 3.53. The summed E-state index contributed by atoms with van der Waals surface area (Å²) >= 11 is 5.78. The Morgan fingerprint density at radius 3 is 2.65 bits per heavy atom. The Balaban J connectivity index is 1.86. The van der Waals surface area contributed by atoms with Crippen LogP contribution >= 0.6 is 11.6 Å². The number of aromatic nitrogens is 1. The van der Waals surface area contributed by atoms with E-state index >= 15 is 0 Å². The molecule has 1 fully saturated rings. The minimum Gasteiger partial charge on any atom is -0.439 e. The second-order valence-corrected chi connectivity index (χ2v) is 6.93. The molecule has 0 amide bonds. The van der Waals surface area contributed by atoms with Crippen LogP contribution in [0, 0.1) is 5.82 Å². The van der Waals surface area contributed by atoms with E-state index in [-0.39, 0.29) is 17.1 Å². The summed E-state index contributed by atoms with van der Waals surface area (Å²) in [6.45, 7) is 4.25. The second-order valence-electron chi connectivity index (χ2n) is 6.52. The molecular weight excluding hydrogens is 357 g/mol. The summed E-state index contributed by atoms with van der Waals surface area (Å²) in [5, 5.41) is 13.2. The first-order chi connectivity index (χ1) is 12.5. The molecule has 2 aromatic rings. The van der Waals surface area contributed by atoms with Gasteiger partial charge >= 0.3 is 0 Å². The van der Waals surface area contributed by atoms with Crippen LogP contribution in [-0.4, -0.2) is 33.0 Å². The van der Waals surface area contributed by atoms with E-state index < -0.39 is 5.82 Å². The summed E-state index contributed by atoms with van der Waals surface area (Å²) in [5.41, 5.74) is 0.700. The molecule has 1 aromatic heterocycles. The van der Waals surface area contributed by atoms with Crippen molar-refractivity contribution in [1.82, 2.24) is 9.88 Å². The molecule has 2 atom stereocenters. The summed E-state index contributed by atoms with van der Waals surface area (Å²) < 4.78 is 19.0. The van der Waals surface area contributed by atoms with Gasteiger partial charge in [0, 0.05) is 36.0 Å². The molecule has 0 aliphatic carbocycles. The first-order valence-corrected chi connectivity index (χ1v) is 8.97. The van der Waals surface area contributed by atoms with Crippen molar-refractivity contribution >= 4 is 17.4 Å². The maximum Gasteiger partial charge on any atom is 0.219 e. The average molecular weight is 378 g/mol. The van der Waals surface area contributed by atoms with E-state index in [1.165, 1.54) is 18.2 Å². The van der Waals surface area contributed by atoms with Gasteiger partial charge in [0.25, 0.3) is 0 Å². The number of amidine groups is 1. The lowest BCUT2D eigenvalue weighted by atomic mass is 9.96. The third-order valence-corrected chi connectivity index (χ3v) is 4.93. The molecule has 1 aromatic carbocycles. The largest absolute Gasteiger partial charge is 0.439 e. The Morgan fingerprint density at radius 2 is 2.00 bits per heavy atom. The van der Waals surface area contributed by atoms with Crippen molar-refractivity contribution in [2.45, 2.75) is 45.2 Å². The van der Waals surface area contributed by atoms with Crippen LogP contribution in [0.5, 0.6) is 11.6 Å². The minimum atomic E-state index is -0.511. The van der Waals surface area contributed by atoms with Crippen molar-refractivity contribution in [3.8, 4) is 11.6 Å². The Hall–Kier alpha value is -2.34. The van der Waals surface area contributed by atoms with Gasteiger partial charge in [0.05, 0.1) is 5.02 Å². The number of likely N-dealkylation sites (tertiary alicyclic amines) is 1. The van der Waals surface area contributed by atoms with Gasteiger partial charge in [0.15, 0.2) is 5.84 Å². The van der Waals surface area contributed by atoms with Gasteiger partial charge in [0.1, 0.15) is 11.6 Å². The van der Waals surface area contributed by atoms with Crippen molar-refractivity contribution in [3.63, 3.8) is 0 Å². The molecule has 138 valence electrons. The van der Waals surface area contributed by atoms with Crippen LogP contribution in [0.25, 0.3) is 0 Å². The smallest absolute Gasteiger partial charge is 0.219 e. The number of pyridine rings is 1. The summed E-state index contributed by atoms with van der Waals surface area (Å²) in [4.78, 5) is 6.29. The lowest BCUT2D eigenvalue weighted by Gasteiger charge is -2.40. The number of halogens is 2. The molecule has 5 nitrogen and oxygen atoms in total. The van der Waals surface area contributed by atoms with E-state index in [0.717, 1.165) is 19.3 Å². The van der Waals surface area contributed by atoms with Crippen molar-refractivity contribution in [3.05, 3.63) is 52.9 Å². The molecule has 0 bridgehead atoms. The maximum atomic E-state index is 13.3. The Bertz CT molecular complexity index is 805. The van der Waals surface area contributed by atoms with Crippen molar-refractivity contribution in [2.24, 2.45) is 5.16 Å². The van der Waals surface area contributed by atoms with Gasteiger partial charge in [0.2, 0.25) is 5.88 Å². The van der Waals surface area contributed by atoms with Crippen molar-refractivity contribution in [1.29, 1.82) is 0 Å². The van der Waals surface area contributed by atoms with Crippen LogP contribution in [-0.2, 0) is 0 Å². The van der Waals surface area contributed by atoms with E-state index in [1.807, 2.05) is 0 Å². The molecule has 1 aliphatic heterocycles. The third-order valence-electron chi connectivity index (χ3n) is 4.64. The van der Waals surface area contributed by atoms with E-state index in [9.17, 15) is 9.60 Å². The molecule has 1 saturated heterocycles. The van der Waals surface area contributed by atoms with Gasteiger partial charge in [-0.1, -0.05) is 16.8 Å². The van der Waals surface area contributed by atoms with Gasteiger partial charge in [-0.25, -0.2) is 9.37 Å². The zero-order valence-corrected chi connectivity index (χ0v) is 15.4. The fraction of sp³-hybridized carbons (Fsp3) is 0.368. The molecule has 2 heterocycles. The normalized spacial score (nSPS) is 20.9.